The molecule has 0 aliphatic rings. The molecule has 0 saturated carbocycles. The Morgan fingerprint density at radius 1 is 1.26 bits per heavy atom. The number of halogens is 3. The van der Waals surface area contributed by atoms with Crippen molar-refractivity contribution in [3.05, 3.63) is 50.2 Å². The third-order valence-electron chi connectivity index (χ3n) is 3.00. The predicted molar refractivity (Wildman–Crippen MR) is 85.7 cm³/mol. The zero-order chi connectivity index (χ0) is 14.2. The van der Waals surface area contributed by atoms with Crippen LogP contribution in [-0.4, -0.2) is 16.2 Å². The summed E-state index contributed by atoms with van der Waals surface area (Å²) in [6.07, 6.45) is 0. The fourth-order valence-electron chi connectivity index (χ4n) is 2.14. The summed E-state index contributed by atoms with van der Waals surface area (Å²) in [5.41, 5.74) is 3.59. The van der Waals surface area contributed by atoms with E-state index in [2.05, 4.69) is 36.4 Å². The average Bonchev–Trinajstić information content (AvgIpc) is 2.67. The van der Waals surface area contributed by atoms with Gasteiger partial charge in [-0.15, -0.1) is 11.6 Å². The van der Waals surface area contributed by atoms with Crippen LogP contribution in [0.25, 0.3) is 5.69 Å². The summed E-state index contributed by atoms with van der Waals surface area (Å²) in [7, 11) is 0. The van der Waals surface area contributed by atoms with Crippen LogP contribution in [0, 0.1) is 13.8 Å². The van der Waals surface area contributed by atoms with Crippen molar-refractivity contribution >= 4 is 49.2 Å². The normalized spacial score (nSPS) is 10.8. The highest BCUT2D eigenvalue weighted by atomic mass is 79.9. The molecule has 1 heterocycles. The molecule has 0 aliphatic heterocycles. The molecule has 0 radical (unpaired) electrons. The number of Topliss-reactive ketones (excluding diaryl/α,β-unsaturated/α-hetero) is 1. The van der Waals surface area contributed by atoms with Gasteiger partial charge in [0, 0.05) is 25.9 Å². The Hall–Kier alpha value is -0.580. The molecule has 0 aliphatic carbocycles. The van der Waals surface area contributed by atoms with E-state index in [-0.39, 0.29) is 11.7 Å². The molecule has 19 heavy (non-hydrogen) atoms. The zero-order valence-electron chi connectivity index (χ0n) is 10.5. The van der Waals surface area contributed by atoms with Crippen molar-refractivity contribution in [1.82, 2.24) is 4.57 Å². The topological polar surface area (TPSA) is 22.0 Å². The monoisotopic (exact) mass is 403 g/mol. The molecule has 0 bridgehead atoms. The van der Waals surface area contributed by atoms with E-state index < -0.39 is 0 Å². The second kappa shape index (κ2) is 5.81. The maximum absolute atomic E-state index is 11.8. The van der Waals surface area contributed by atoms with Gasteiger partial charge in [-0.05, 0) is 54.0 Å². The summed E-state index contributed by atoms with van der Waals surface area (Å²) in [5, 5.41) is 0. The van der Waals surface area contributed by atoms with Gasteiger partial charge in [0.15, 0.2) is 5.78 Å². The fourth-order valence-corrected chi connectivity index (χ4v) is 3.06. The van der Waals surface area contributed by atoms with Crippen LogP contribution in [0.2, 0.25) is 0 Å². The molecule has 5 heteroatoms. The number of rotatable bonds is 3. The molecule has 0 saturated heterocycles. The first-order chi connectivity index (χ1) is 8.95. The average molecular weight is 406 g/mol. The minimum absolute atomic E-state index is 0.00392. The van der Waals surface area contributed by atoms with Crippen molar-refractivity contribution in [2.24, 2.45) is 0 Å². The Balaban J connectivity index is 2.66. The minimum atomic E-state index is -0.0489. The lowest BCUT2D eigenvalue weighted by Gasteiger charge is -2.12. The Morgan fingerprint density at radius 3 is 2.58 bits per heavy atom. The van der Waals surface area contributed by atoms with Crippen LogP contribution in [0.4, 0.5) is 0 Å². The number of ketones is 1. The highest BCUT2D eigenvalue weighted by Gasteiger charge is 2.17. The van der Waals surface area contributed by atoms with E-state index in [0.29, 0.717) is 5.56 Å². The molecule has 0 N–H and O–H groups in total. The molecule has 0 spiro atoms. The van der Waals surface area contributed by atoms with E-state index >= 15 is 0 Å². The molecule has 1 aromatic carbocycles. The van der Waals surface area contributed by atoms with Gasteiger partial charge in [0.2, 0.25) is 0 Å². The number of carbonyl (C=O) groups excluding carboxylic acids is 1. The van der Waals surface area contributed by atoms with Gasteiger partial charge in [-0.3, -0.25) is 4.79 Å². The number of carbonyl (C=O) groups is 1. The molecule has 0 unspecified atom stereocenters. The molecule has 2 aromatic rings. The third-order valence-corrected chi connectivity index (χ3v) is 4.41. The van der Waals surface area contributed by atoms with Crippen LogP contribution in [0.5, 0.6) is 0 Å². The second-order valence-corrected chi connectivity index (χ2v) is 6.31. The Kier molecular flexibility index (Phi) is 4.54. The predicted octanol–water partition coefficient (Wildman–Crippen LogP) is 5.04. The van der Waals surface area contributed by atoms with Gasteiger partial charge >= 0.3 is 0 Å². The molecule has 0 atom stereocenters. The SMILES string of the molecule is Cc1cc(C(=O)CCl)c(C)n1-c1cc(Br)ccc1Br. The number of aromatic nitrogens is 1. The summed E-state index contributed by atoms with van der Waals surface area (Å²) in [6.45, 7) is 3.91. The first-order valence-electron chi connectivity index (χ1n) is 5.69. The van der Waals surface area contributed by atoms with Crippen LogP contribution < -0.4 is 0 Å². The van der Waals surface area contributed by atoms with Crippen molar-refractivity contribution in [2.75, 3.05) is 5.88 Å². The van der Waals surface area contributed by atoms with Crippen molar-refractivity contribution in [3.63, 3.8) is 0 Å². The maximum atomic E-state index is 11.8. The van der Waals surface area contributed by atoms with E-state index in [0.717, 1.165) is 26.0 Å². The third kappa shape index (κ3) is 2.81. The molecule has 100 valence electrons. The standard InChI is InChI=1S/C14H12Br2ClNO/c1-8-5-11(14(19)7-17)9(2)18(8)13-6-10(15)3-4-12(13)16/h3-6H,7H2,1-2H3. The second-order valence-electron chi connectivity index (χ2n) is 4.27. The van der Waals surface area contributed by atoms with Gasteiger partial charge in [-0.2, -0.15) is 0 Å². The largest absolute Gasteiger partial charge is 0.317 e. The lowest BCUT2D eigenvalue weighted by atomic mass is 10.2. The Labute approximate surface area is 134 Å². The van der Waals surface area contributed by atoms with Gasteiger partial charge in [0.05, 0.1) is 11.6 Å². The van der Waals surface area contributed by atoms with Gasteiger partial charge < -0.3 is 4.57 Å². The summed E-state index contributed by atoms with van der Waals surface area (Å²) in [6, 6.07) is 7.83. The summed E-state index contributed by atoms with van der Waals surface area (Å²) in [5.74, 6) is -0.0450. The van der Waals surface area contributed by atoms with Gasteiger partial charge in [-0.25, -0.2) is 0 Å². The number of hydrogen-bond acceptors (Lipinski definition) is 1. The molecule has 0 amide bonds. The first-order valence-corrected chi connectivity index (χ1v) is 7.81. The summed E-state index contributed by atoms with van der Waals surface area (Å²) < 4.78 is 4.01. The van der Waals surface area contributed by atoms with E-state index in [4.69, 9.17) is 11.6 Å². The minimum Gasteiger partial charge on any atom is -0.317 e. The zero-order valence-corrected chi connectivity index (χ0v) is 14.4. The smallest absolute Gasteiger partial charge is 0.179 e. The molecular formula is C14H12Br2ClNO. The van der Waals surface area contributed by atoms with Gasteiger partial charge in [0.25, 0.3) is 0 Å². The number of alkyl halides is 1. The Bertz CT molecular complexity index is 649. The van der Waals surface area contributed by atoms with Crippen LogP contribution in [0.1, 0.15) is 21.7 Å². The quantitative estimate of drug-likeness (QED) is 0.518. The lowest BCUT2D eigenvalue weighted by molar-refractivity contribution is 0.102. The molecule has 2 nitrogen and oxygen atoms in total. The van der Waals surface area contributed by atoms with Crippen molar-refractivity contribution < 1.29 is 4.79 Å². The molecule has 2 rings (SSSR count). The fraction of sp³-hybridized carbons (Fsp3) is 0.214. The maximum Gasteiger partial charge on any atom is 0.179 e. The van der Waals surface area contributed by atoms with E-state index in [1.165, 1.54) is 0 Å². The molecule has 1 aromatic heterocycles. The number of hydrogen-bond donors (Lipinski definition) is 0. The van der Waals surface area contributed by atoms with Crippen LogP contribution in [0.15, 0.2) is 33.2 Å². The number of benzene rings is 1. The number of aryl methyl sites for hydroxylation is 1. The Morgan fingerprint density at radius 2 is 1.95 bits per heavy atom. The summed E-state index contributed by atoms with van der Waals surface area (Å²) >= 11 is 12.7. The highest BCUT2D eigenvalue weighted by Crippen LogP contribution is 2.29. The van der Waals surface area contributed by atoms with Crippen LogP contribution in [0.3, 0.4) is 0 Å². The first kappa shape index (κ1) is 14.8. The van der Waals surface area contributed by atoms with E-state index in [1.807, 2.05) is 38.1 Å². The molecular weight excluding hydrogens is 393 g/mol. The van der Waals surface area contributed by atoms with Gasteiger partial charge in [-0.1, -0.05) is 15.9 Å². The highest BCUT2D eigenvalue weighted by molar-refractivity contribution is 9.11. The molecule has 0 fully saturated rings. The van der Waals surface area contributed by atoms with Crippen molar-refractivity contribution in [2.45, 2.75) is 13.8 Å². The summed E-state index contributed by atoms with van der Waals surface area (Å²) in [4.78, 5) is 11.8. The number of nitrogens with zero attached hydrogens (tertiary/aromatic N) is 1. The van der Waals surface area contributed by atoms with Crippen molar-refractivity contribution in [1.29, 1.82) is 0 Å². The van der Waals surface area contributed by atoms with Crippen LogP contribution in [-0.2, 0) is 0 Å². The van der Waals surface area contributed by atoms with Gasteiger partial charge in [0.1, 0.15) is 0 Å². The van der Waals surface area contributed by atoms with Crippen LogP contribution >= 0.6 is 43.5 Å². The van der Waals surface area contributed by atoms with Crippen molar-refractivity contribution in [3.8, 4) is 5.69 Å². The van der Waals surface area contributed by atoms with E-state index in [9.17, 15) is 4.79 Å². The van der Waals surface area contributed by atoms with E-state index in [1.54, 1.807) is 0 Å². The lowest BCUT2D eigenvalue weighted by Crippen LogP contribution is -2.04.